The van der Waals surface area contributed by atoms with Crippen LogP contribution in [0.15, 0.2) is 0 Å². The van der Waals surface area contributed by atoms with Crippen LogP contribution >= 0.6 is 0 Å². The summed E-state index contributed by atoms with van der Waals surface area (Å²) < 4.78 is 0. The molecule has 0 aliphatic heterocycles. The third-order valence-electron chi connectivity index (χ3n) is 16.8. The first-order chi connectivity index (χ1) is 14.9. The summed E-state index contributed by atoms with van der Waals surface area (Å²) in [6.45, 7) is 0. The van der Waals surface area contributed by atoms with Crippen molar-refractivity contribution < 1.29 is 0 Å². The van der Waals surface area contributed by atoms with E-state index in [-0.39, 0.29) is 0 Å². The second-order valence-electron chi connectivity index (χ2n) is 16.0. The maximum absolute atomic E-state index is 1.73. The molecular weight excluding hydrogens is 360 g/mol. The van der Waals surface area contributed by atoms with Gasteiger partial charge in [0.1, 0.15) is 0 Å². The lowest BCUT2D eigenvalue weighted by Gasteiger charge is -2.62. The second kappa shape index (κ2) is 4.15. The lowest BCUT2D eigenvalue weighted by atomic mass is 9.42. The maximum Gasteiger partial charge on any atom is -0.0312 e. The number of hydrogen-bond donors (Lipinski definition) is 0. The van der Waals surface area contributed by atoms with Crippen molar-refractivity contribution in [3.8, 4) is 0 Å². The molecule has 0 aromatic heterocycles. The van der Waals surface area contributed by atoms with E-state index in [1.54, 1.807) is 51.4 Å². The lowest BCUT2D eigenvalue weighted by Crippen LogP contribution is -2.58. The van der Waals surface area contributed by atoms with Crippen LogP contribution in [0.3, 0.4) is 0 Å². The first-order valence-corrected chi connectivity index (χ1v) is 14.9. The van der Waals surface area contributed by atoms with E-state index < -0.39 is 0 Å². The highest BCUT2D eigenvalue weighted by Crippen LogP contribution is 2.88. The van der Waals surface area contributed by atoms with Gasteiger partial charge in [0.2, 0.25) is 0 Å². The Morgan fingerprint density at radius 1 is 0.167 bits per heavy atom. The summed E-state index contributed by atoms with van der Waals surface area (Å²) >= 11 is 0. The first-order valence-electron chi connectivity index (χ1n) is 14.9. The van der Waals surface area contributed by atoms with Gasteiger partial charge in [-0.05, 0) is 182 Å². The minimum absolute atomic E-state index is 1.21. The molecule has 12 aliphatic carbocycles. The monoisotopic (exact) mass is 398 g/mol. The molecule has 8 atom stereocenters. The van der Waals surface area contributed by atoms with Gasteiger partial charge in [-0.25, -0.2) is 0 Å². The zero-order valence-corrected chi connectivity index (χ0v) is 18.4. The summed E-state index contributed by atoms with van der Waals surface area (Å²) in [5.74, 6) is 27.5. The Morgan fingerprint density at radius 3 is 0.467 bits per heavy atom. The molecule has 0 heterocycles. The maximum atomic E-state index is 1.73. The molecule has 30 heavy (non-hydrogen) atoms. The van der Waals surface area contributed by atoms with E-state index in [2.05, 4.69) is 0 Å². The van der Waals surface area contributed by atoms with Crippen LogP contribution in [-0.4, -0.2) is 0 Å². The molecule has 0 nitrogen and oxygen atoms in total. The third kappa shape index (κ3) is 1.17. The Kier molecular flexibility index (Phi) is 2.08. The molecule has 0 spiro atoms. The van der Waals surface area contributed by atoms with Gasteiger partial charge in [0.15, 0.2) is 0 Å². The van der Waals surface area contributed by atoms with E-state index >= 15 is 0 Å². The molecule has 0 saturated heterocycles. The predicted octanol–water partition coefficient (Wildman–Crippen LogP) is 5.83. The van der Waals surface area contributed by atoms with Crippen molar-refractivity contribution in [3.63, 3.8) is 0 Å². The fourth-order valence-corrected chi connectivity index (χ4v) is 18.1. The van der Waals surface area contributed by atoms with Gasteiger partial charge >= 0.3 is 0 Å². The molecule has 0 aromatic rings. The molecule has 158 valence electrons. The van der Waals surface area contributed by atoms with E-state index in [1.807, 2.05) is 0 Å². The van der Waals surface area contributed by atoms with E-state index in [1.165, 1.54) is 130 Å². The average Bonchev–Trinajstić information content (AvgIpc) is 3.52. The van der Waals surface area contributed by atoms with Crippen LogP contribution in [0, 0.1) is 130 Å². The molecule has 0 N–H and O–H groups in total. The summed E-state index contributed by atoms with van der Waals surface area (Å²) in [5.41, 5.74) is 0. The molecule has 12 rings (SSSR count). The molecule has 8 unspecified atom stereocenters. The Labute approximate surface area is 181 Å². The van der Waals surface area contributed by atoms with Crippen LogP contribution < -0.4 is 0 Å². The SMILES string of the molecule is C1C2C[C@H]3CC4CC5C[C@@H]6C[C@H]7C[C@H]8CC1C1C2C2C9C(C4C23)C5C6C2C9C1C8C27. The van der Waals surface area contributed by atoms with E-state index in [0.717, 1.165) is 0 Å². The fraction of sp³-hybridized carbons (Fsp3) is 1.00. The quantitative estimate of drug-likeness (QED) is 0.482. The Balaban J connectivity index is 1.21. The minimum Gasteiger partial charge on any atom is -0.0470 e. The highest BCUT2D eigenvalue weighted by atomic mass is 14.9. The van der Waals surface area contributed by atoms with Crippen LogP contribution in [0.5, 0.6) is 0 Å². The van der Waals surface area contributed by atoms with Gasteiger partial charge < -0.3 is 0 Å². The average molecular weight is 399 g/mol. The highest BCUT2D eigenvalue weighted by Gasteiger charge is 2.83. The van der Waals surface area contributed by atoms with Crippen molar-refractivity contribution in [1.29, 1.82) is 0 Å². The standard InChI is InChI=1S/C30H38/c1-9-5-10-2-15-8-16-4-12-6-11-3-14-7-13(1)21-22(14)27-19(11)20(12)28-24(16)23(15)26-18(10)17(9)25(21)29(26)30(27)28/h9-30H,1-8H2/t9-,10+,11+,12?,13?,14?,15+,16?,17?,18?,19?,20?,21?,22?,23?,24?,25?,26?,27?,28?,29?,30?/m1/s1. The van der Waals surface area contributed by atoms with Crippen molar-refractivity contribution in [2.45, 2.75) is 51.4 Å². The summed E-state index contributed by atoms with van der Waals surface area (Å²) in [5, 5.41) is 0. The molecular formula is C30H38. The topological polar surface area (TPSA) is 0 Å². The minimum atomic E-state index is 1.21. The smallest absolute Gasteiger partial charge is 0.0312 e. The van der Waals surface area contributed by atoms with Gasteiger partial charge in [-0.1, -0.05) is 0 Å². The van der Waals surface area contributed by atoms with Crippen molar-refractivity contribution >= 4 is 0 Å². The molecule has 0 bridgehead atoms. The molecule has 12 saturated carbocycles. The largest absolute Gasteiger partial charge is 0.0470 e. The van der Waals surface area contributed by atoms with Gasteiger partial charge in [0.05, 0.1) is 0 Å². The molecule has 0 radical (unpaired) electrons. The van der Waals surface area contributed by atoms with Crippen molar-refractivity contribution in [1.82, 2.24) is 0 Å². The molecule has 12 aliphatic rings. The Bertz CT molecular complexity index is 777. The predicted molar refractivity (Wildman–Crippen MR) is 114 cm³/mol. The summed E-state index contributed by atoms with van der Waals surface area (Å²) in [6, 6.07) is 0. The van der Waals surface area contributed by atoms with E-state index in [4.69, 9.17) is 0 Å². The fourth-order valence-electron chi connectivity index (χ4n) is 18.1. The van der Waals surface area contributed by atoms with Gasteiger partial charge in [0, 0.05) is 0 Å². The van der Waals surface area contributed by atoms with Crippen LogP contribution in [-0.2, 0) is 0 Å². The van der Waals surface area contributed by atoms with E-state index in [0.29, 0.717) is 0 Å². The van der Waals surface area contributed by atoms with Crippen molar-refractivity contribution in [2.24, 2.45) is 130 Å². The Hall–Kier alpha value is 0. The first kappa shape index (κ1) is 15.0. The number of hydrogen-bond acceptors (Lipinski definition) is 0. The van der Waals surface area contributed by atoms with E-state index in [9.17, 15) is 0 Å². The Morgan fingerprint density at radius 2 is 0.300 bits per heavy atom. The lowest BCUT2D eigenvalue weighted by molar-refractivity contribution is -0.153. The second-order valence-corrected chi connectivity index (χ2v) is 16.0. The molecule has 0 aromatic carbocycles. The normalized spacial score (nSPS) is 85.6. The van der Waals surface area contributed by atoms with Crippen molar-refractivity contribution in [2.75, 3.05) is 0 Å². The van der Waals surface area contributed by atoms with Gasteiger partial charge in [-0.2, -0.15) is 0 Å². The zero-order valence-electron chi connectivity index (χ0n) is 18.4. The molecule has 0 heteroatoms. The van der Waals surface area contributed by atoms with Gasteiger partial charge in [-0.3, -0.25) is 0 Å². The van der Waals surface area contributed by atoms with Crippen molar-refractivity contribution in [3.05, 3.63) is 0 Å². The summed E-state index contributed by atoms with van der Waals surface area (Å²) in [6.07, 6.45) is 13.8. The van der Waals surface area contributed by atoms with Crippen LogP contribution in [0.2, 0.25) is 0 Å². The zero-order chi connectivity index (χ0) is 18.4. The summed E-state index contributed by atoms with van der Waals surface area (Å²) in [7, 11) is 0. The summed E-state index contributed by atoms with van der Waals surface area (Å²) in [4.78, 5) is 0. The molecule has 0 amide bonds. The third-order valence-corrected chi connectivity index (χ3v) is 16.8. The van der Waals surface area contributed by atoms with Crippen LogP contribution in [0.1, 0.15) is 51.4 Å². The van der Waals surface area contributed by atoms with Gasteiger partial charge in [0.25, 0.3) is 0 Å². The van der Waals surface area contributed by atoms with Crippen LogP contribution in [0.25, 0.3) is 0 Å². The number of rotatable bonds is 0. The molecule has 12 fully saturated rings. The highest BCUT2D eigenvalue weighted by molar-refractivity contribution is 5.30. The van der Waals surface area contributed by atoms with Gasteiger partial charge in [-0.15, -0.1) is 0 Å². The van der Waals surface area contributed by atoms with Crippen LogP contribution in [0.4, 0.5) is 0 Å².